The lowest BCUT2D eigenvalue weighted by Crippen LogP contribution is -2.32. The lowest BCUT2D eigenvalue weighted by molar-refractivity contribution is 0.414. The van der Waals surface area contributed by atoms with Gasteiger partial charge in [0.1, 0.15) is 5.75 Å². The summed E-state index contributed by atoms with van der Waals surface area (Å²) in [6.07, 6.45) is 0. The molecule has 0 bridgehead atoms. The van der Waals surface area contributed by atoms with Crippen molar-refractivity contribution in [1.82, 2.24) is 10.0 Å². The molecule has 0 fully saturated rings. The molecule has 2 N–H and O–H groups in total. The number of sulfonamides is 1. The Kier molecular flexibility index (Phi) is 6.58. The maximum Gasteiger partial charge on any atom is 0.215 e. The third-order valence-corrected chi connectivity index (χ3v) is 4.64. The number of hydrogen-bond donors (Lipinski definition) is 2. The molecule has 6 heteroatoms. The van der Waals surface area contributed by atoms with E-state index in [0.29, 0.717) is 19.6 Å². The third-order valence-electron chi connectivity index (χ3n) is 3.29. The van der Waals surface area contributed by atoms with Gasteiger partial charge >= 0.3 is 0 Å². The van der Waals surface area contributed by atoms with Gasteiger partial charge in [-0.2, -0.15) is 0 Å². The predicted octanol–water partition coefficient (Wildman–Crippen LogP) is 1.90. The van der Waals surface area contributed by atoms with E-state index in [1.165, 1.54) is 0 Å². The average Bonchev–Trinajstić information content (AvgIpc) is 2.55. The topological polar surface area (TPSA) is 67.4 Å². The van der Waals surface area contributed by atoms with Gasteiger partial charge in [-0.25, -0.2) is 13.1 Å². The van der Waals surface area contributed by atoms with E-state index in [9.17, 15) is 8.42 Å². The Balaban J connectivity index is 1.70. The fraction of sp³-hybridized carbons (Fsp3) is 0.294. The SMILES string of the molecule is COc1cccc(CNCCNS(=O)(=O)Cc2ccccc2)c1. The molecule has 0 atom stereocenters. The molecule has 0 saturated heterocycles. The van der Waals surface area contributed by atoms with E-state index in [4.69, 9.17) is 4.74 Å². The maximum absolute atomic E-state index is 12.0. The van der Waals surface area contributed by atoms with Crippen molar-refractivity contribution in [2.45, 2.75) is 12.3 Å². The van der Waals surface area contributed by atoms with Gasteiger partial charge in [0.05, 0.1) is 12.9 Å². The minimum Gasteiger partial charge on any atom is -0.497 e. The number of ether oxygens (including phenoxy) is 1. The summed E-state index contributed by atoms with van der Waals surface area (Å²) in [4.78, 5) is 0. The molecule has 0 radical (unpaired) electrons. The van der Waals surface area contributed by atoms with Crippen molar-refractivity contribution in [2.75, 3.05) is 20.2 Å². The molecule has 0 amide bonds. The average molecular weight is 334 g/mol. The minimum atomic E-state index is -3.30. The number of hydrogen-bond acceptors (Lipinski definition) is 4. The Labute approximate surface area is 137 Å². The molecule has 5 nitrogen and oxygen atoms in total. The second kappa shape index (κ2) is 8.67. The Morgan fingerprint density at radius 3 is 2.43 bits per heavy atom. The van der Waals surface area contributed by atoms with Crippen LogP contribution in [0.4, 0.5) is 0 Å². The van der Waals surface area contributed by atoms with Crippen molar-refractivity contribution in [3.05, 3.63) is 65.7 Å². The van der Waals surface area contributed by atoms with Crippen LogP contribution in [0.1, 0.15) is 11.1 Å². The van der Waals surface area contributed by atoms with E-state index in [-0.39, 0.29) is 5.75 Å². The standard InChI is InChI=1S/C17H22N2O3S/c1-22-17-9-5-8-16(12-17)13-18-10-11-19-23(20,21)14-15-6-3-2-4-7-15/h2-9,12,18-19H,10-11,13-14H2,1H3. The summed E-state index contributed by atoms with van der Waals surface area (Å²) in [6, 6.07) is 16.9. The lowest BCUT2D eigenvalue weighted by atomic mass is 10.2. The zero-order chi connectivity index (χ0) is 16.5. The first-order chi connectivity index (χ1) is 11.1. The molecule has 2 aromatic rings. The Hall–Kier alpha value is -1.89. The van der Waals surface area contributed by atoms with Crippen molar-refractivity contribution in [3.63, 3.8) is 0 Å². The predicted molar refractivity (Wildman–Crippen MR) is 91.8 cm³/mol. The highest BCUT2D eigenvalue weighted by Crippen LogP contribution is 2.11. The van der Waals surface area contributed by atoms with Gasteiger partial charge in [-0.05, 0) is 23.3 Å². The Bertz CT molecular complexity index is 703. The van der Waals surface area contributed by atoms with Gasteiger partial charge in [-0.15, -0.1) is 0 Å². The zero-order valence-corrected chi connectivity index (χ0v) is 14.0. The summed E-state index contributed by atoms with van der Waals surface area (Å²) in [6.45, 7) is 1.59. The van der Waals surface area contributed by atoms with E-state index in [0.717, 1.165) is 16.9 Å². The van der Waals surface area contributed by atoms with Crippen LogP contribution in [0.25, 0.3) is 0 Å². The molecule has 0 aliphatic heterocycles. The molecular weight excluding hydrogens is 312 g/mol. The van der Waals surface area contributed by atoms with Crippen LogP contribution in [-0.2, 0) is 22.3 Å². The van der Waals surface area contributed by atoms with Crippen molar-refractivity contribution >= 4 is 10.0 Å². The van der Waals surface area contributed by atoms with Crippen LogP contribution in [0.5, 0.6) is 5.75 Å². The van der Waals surface area contributed by atoms with Crippen LogP contribution in [-0.4, -0.2) is 28.6 Å². The van der Waals surface area contributed by atoms with Crippen molar-refractivity contribution in [3.8, 4) is 5.75 Å². The van der Waals surface area contributed by atoms with Crippen LogP contribution >= 0.6 is 0 Å². The highest BCUT2D eigenvalue weighted by Gasteiger charge is 2.10. The fourth-order valence-electron chi connectivity index (χ4n) is 2.15. The summed E-state index contributed by atoms with van der Waals surface area (Å²) in [5.74, 6) is 0.817. The summed E-state index contributed by atoms with van der Waals surface area (Å²) < 4.78 is 31.7. The Morgan fingerprint density at radius 2 is 1.70 bits per heavy atom. The van der Waals surface area contributed by atoms with Crippen LogP contribution in [0, 0.1) is 0 Å². The second-order valence-electron chi connectivity index (χ2n) is 5.17. The van der Waals surface area contributed by atoms with E-state index in [1.807, 2.05) is 42.5 Å². The molecule has 2 rings (SSSR count). The van der Waals surface area contributed by atoms with Crippen LogP contribution in [0.3, 0.4) is 0 Å². The van der Waals surface area contributed by atoms with Gasteiger partial charge in [-0.1, -0.05) is 42.5 Å². The first-order valence-electron chi connectivity index (χ1n) is 7.44. The lowest BCUT2D eigenvalue weighted by Gasteiger charge is -2.09. The molecule has 0 aromatic heterocycles. The molecule has 0 heterocycles. The third kappa shape index (κ3) is 6.40. The summed E-state index contributed by atoms with van der Waals surface area (Å²) in [7, 11) is -1.67. The van der Waals surface area contributed by atoms with Gasteiger partial charge in [0, 0.05) is 19.6 Å². The Morgan fingerprint density at radius 1 is 0.957 bits per heavy atom. The van der Waals surface area contributed by atoms with Crippen molar-refractivity contribution < 1.29 is 13.2 Å². The van der Waals surface area contributed by atoms with Gasteiger partial charge in [0.25, 0.3) is 0 Å². The summed E-state index contributed by atoms with van der Waals surface area (Å²) in [5, 5.41) is 3.21. The monoisotopic (exact) mass is 334 g/mol. The quantitative estimate of drug-likeness (QED) is 0.688. The number of nitrogens with one attached hydrogen (secondary N) is 2. The zero-order valence-electron chi connectivity index (χ0n) is 13.2. The fourth-order valence-corrected chi connectivity index (χ4v) is 3.30. The normalized spacial score (nSPS) is 11.3. The first kappa shape index (κ1) is 17.5. The molecule has 0 saturated carbocycles. The molecule has 0 unspecified atom stereocenters. The molecule has 2 aromatic carbocycles. The summed E-state index contributed by atoms with van der Waals surface area (Å²) in [5.41, 5.74) is 1.88. The van der Waals surface area contributed by atoms with E-state index in [1.54, 1.807) is 19.2 Å². The van der Waals surface area contributed by atoms with E-state index < -0.39 is 10.0 Å². The van der Waals surface area contributed by atoms with Gasteiger partial charge in [0.2, 0.25) is 10.0 Å². The number of methoxy groups -OCH3 is 1. The molecule has 0 aliphatic carbocycles. The smallest absolute Gasteiger partial charge is 0.215 e. The highest BCUT2D eigenvalue weighted by molar-refractivity contribution is 7.88. The number of benzene rings is 2. The second-order valence-corrected chi connectivity index (χ2v) is 6.97. The van der Waals surface area contributed by atoms with Crippen molar-refractivity contribution in [1.29, 1.82) is 0 Å². The van der Waals surface area contributed by atoms with Crippen LogP contribution < -0.4 is 14.8 Å². The van der Waals surface area contributed by atoms with Gasteiger partial charge in [0.15, 0.2) is 0 Å². The molecule has 124 valence electrons. The molecule has 23 heavy (non-hydrogen) atoms. The van der Waals surface area contributed by atoms with Gasteiger partial charge in [-0.3, -0.25) is 0 Å². The van der Waals surface area contributed by atoms with E-state index in [2.05, 4.69) is 10.0 Å². The van der Waals surface area contributed by atoms with Crippen molar-refractivity contribution in [2.24, 2.45) is 0 Å². The summed E-state index contributed by atoms with van der Waals surface area (Å²) >= 11 is 0. The maximum atomic E-state index is 12.0. The van der Waals surface area contributed by atoms with Crippen LogP contribution in [0.2, 0.25) is 0 Å². The minimum absolute atomic E-state index is 0.00369. The molecular formula is C17H22N2O3S. The molecule has 0 spiro atoms. The highest BCUT2D eigenvalue weighted by atomic mass is 32.2. The first-order valence-corrected chi connectivity index (χ1v) is 9.09. The molecule has 0 aliphatic rings. The largest absolute Gasteiger partial charge is 0.497 e. The number of rotatable bonds is 9. The van der Waals surface area contributed by atoms with E-state index >= 15 is 0 Å². The van der Waals surface area contributed by atoms with Crippen LogP contribution in [0.15, 0.2) is 54.6 Å². The van der Waals surface area contributed by atoms with Gasteiger partial charge < -0.3 is 10.1 Å².